The Bertz CT molecular complexity index is 852. The number of hydrogen-bond acceptors (Lipinski definition) is 4. The van der Waals surface area contributed by atoms with Gasteiger partial charge in [0.15, 0.2) is 4.91 Å². The second kappa shape index (κ2) is 6.94. The third-order valence-corrected chi connectivity index (χ3v) is 4.20. The van der Waals surface area contributed by atoms with E-state index in [1.165, 1.54) is 49.6 Å². The molecule has 2 rings (SSSR count). The number of anilines is 1. The molecule has 0 unspecified atom stereocenters. The third kappa shape index (κ3) is 4.31. The number of benzene rings is 2. The van der Waals surface area contributed by atoms with Crippen LogP contribution in [0.2, 0.25) is 0 Å². The van der Waals surface area contributed by atoms with Gasteiger partial charge in [-0.3, -0.25) is 4.72 Å². The number of nitriles is 1. The van der Waals surface area contributed by atoms with Gasteiger partial charge in [-0.25, -0.2) is 12.8 Å². The maximum atomic E-state index is 12.9. The van der Waals surface area contributed by atoms with Crippen LogP contribution in [0.5, 0.6) is 5.75 Å². The number of rotatable bonds is 5. The van der Waals surface area contributed by atoms with Gasteiger partial charge in [0.2, 0.25) is 0 Å². The Morgan fingerprint density at radius 3 is 2.30 bits per heavy atom. The quantitative estimate of drug-likeness (QED) is 0.853. The Hall–Kier alpha value is -2.85. The van der Waals surface area contributed by atoms with E-state index in [4.69, 9.17) is 10.00 Å². The lowest BCUT2D eigenvalue weighted by Gasteiger charge is -2.08. The SMILES string of the molecule is COc1ccc(NS(=O)(=O)/C(C#N)=C\c2ccc(F)cc2)cc1. The molecule has 1 N–H and O–H groups in total. The first kappa shape index (κ1) is 16.5. The molecule has 0 aromatic heterocycles. The summed E-state index contributed by atoms with van der Waals surface area (Å²) in [5.74, 6) is 0.134. The van der Waals surface area contributed by atoms with Crippen LogP contribution in [-0.2, 0) is 10.0 Å². The normalized spacial score (nSPS) is 11.6. The summed E-state index contributed by atoms with van der Waals surface area (Å²) in [5.41, 5.74) is 0.703. The van der Waals surface area contributed by atoms with Gasteiger partial charge in [-0.15, -0.1) is 0 Å². The molecule has 0 atom stereocenters. The van der Waals surface area contributed by atoms with Crippen molar-refractivity contribution in [2.24, 2.45) is 0 Å². The van der Waals surface area contributed by atoms with Crippen molar-refractivity contribution in [1.82, 2.24) is 0 Å². The maximum Gasteiger partial charge on any atom is 0.272 e. The van der Waals surface area contributed by atoms with Crippen molar-refractivity contribution >= 4 is 21.8 Å². The molecule has 23 heavy (non-hydrogen) atoms. The van der Waals surface area contributed by atoms with Gasteiger partial charge in [-0.1, -0.05) is 12.1 Å². The first-order valence-electron chi connectivity index (χ1n) is 6.49. The molecule has 0 heterocycles. The summed E-state index contributed by atoms with van der Waals surface area (Å²) < 4.78 is 44.7. The van der Waals surface area contributed by atoms with Gasteiger partial charge in [-0.05, 0) is 48.0 Å². The van der Waals surface area contributed by atoms with Crippen molar-refractivity contribution in [2.45, 2.75) is 0 Å². The predicted octanol–water partition coefficient (Wildman–Crippen LogP) is 3.14. The van der Waals surface area contributed by atoms with Crippen LogP contribution in [0.1, 0.15) is 5.56 Å². The lowest BCUT2D eigenvalue weighted by molar-refractivity contribution is 0.415. The molecule has 2 aromatic rings. The molecule has 0 bridgehead atoms. The fourth-order valence-electron chi connectivity index (χ4n) is 1.75. The van der Waals surface area contributed by atoms with Gasteiger partial charge < -0.3 is 4.74 Å². The van der Waals surface area contributed by atoms with E-state index in [1.807, 2.05) is 0 Å². The zero-order valence-electron chi connectivity index (χ0n) is 12.2. The minimum Gasteiger partial charge on any atom is -0.497 e. The Morgan fingerprint density at radius 1 is 1.17 bits per heavy atom. The Morgan fingerprint density at radius 2 is 1.78 bits per heavy atom. The van der Waals surface area contributed by atoms with Crippen LogP contribution in [-0.4, -0.2) is 15.5 Å². The van der Waals surface area contributed by atoms with E-state index in [-0.39, 0.29) is 0 Å². The molecular formula is C16H13FN2O3S. The summed E-state index contributed by atoms with van der Waals surface area (Å²) in [7, 11) is -2.54. The van der Waals surface area contributed by atoms with Gasteiger partial charge in [-0.2, -0.15) is 5.26 Å². The lowest BCUT2D eigenvalue weighted by Crippen LogP contribution is -2.14. The van der Waals surface area contributed by atoms with Gasteiger partial charge in [0.25, 0.3) is 10.0 Å². The zero-order valence-corrected chi connectivity index (χ0v) is 13.0. The fourth-order valence-corrected chi connectivity index (χ4v) is 2.72. The van der Waals surface area contributed by atoms with E-state index in [2.05, 4.69) is 4.72 Å². The van der Waals surface area contributed by atoms with Gasteiger partial charge in [0.1, 0.15) is 17.6 Å². The molecule has 0 aliphatic rings. The molecule has 0 spiro atoms. The largest absolute Gasteiger partial charge is 0.497 e. The molecular weight excluding hydrogens is 319 g/mol. The summed E-state index contributed by atoms with van der Waals surface area (Å²) >= 11 is 0. The first-order chi connectivity index (χ1) is 10.9. The van der Waals surface area contributed by atoms with Crippen molar-refractivity contribution in [3.8, 4) is 11.8 Å². The van der Waals surface area contributed by atoms with E-state index in [0.29, 0.717) is 17.0 Å². The van der Waals surface area contributed by atoms with E-state index < -0.39 is 20.7 Å². The Kier molecular flexibility index (Phi) is 4.98. The van der Waals surface area contributed by atoms with Gasteiger partial charge >= 0.3 is 0 Å². The molecule has 0 aliphatic heterocycles. The van der Waals surface area contributed by atoms with Crippen LogP contribution in [0.15, 0.2) is 53.4 Å². The number of hydrogen-bond donors (Lipinski definition) is 1. The highest BCUT2D eigenvalue weighted by Gasteiger charge is 2.17. The number of allylic oxidation sites excluding steroid dienone is 1. The highest BCUT2D eigenvalue weighted by molar-refractivity contribution is 7.96. The van der Waals surface area contributed by atoms with E-state index in [1.54, 1.807) is 18.2 Å². The highest BCUT2D eigenvalue weighted by Crippen LogP contribution is 2.19. The van der Waals surface area contributed by atoms with Crippen molar-refractivity contribution < 1.29 is 17.5 Å². The van der Waals surface area contributed by atoms with Crippen LogP contribution in [0.4, 0.5) is 10.1 Å². The maximum absolute atomic E-state index is 12.9. The van der Waals surface area contributed by atoms with Crippen LogP contribution < -0.4 is 9.46 Å². The van der Waals surface area contributed by atoms with E-state index in [0.717, 1.165) is 0 Å². The molecule has 0 saturated heterocycles. The molecule has 0 fully saturated rings. The Balaban J connectivity index is 2.28. The molecule has 2 aromatic carbocycles. The average Bonchev–Trinajstić information content (AvgIpc) is 2.54. The monoisotopic (exact) mass is 332 g/mol. The molecule has 0 saturated carbocycles. The topological polar surface area (TPSA) is 79.2 Å². The number of ether oxygens (including phenoxy) is 1. The number of nitrogens with one attached hydrogen (secondary N) is 1. The minimum absolute atomic E-state index is 0.297. The average molecular weight is 332 g/mol. The molecule has 0 amide bonds. The summed E-state index contributed by atoms with van der Waals surface area (Å²) in [6.07, 6.45) is 1.17. The third-order valence-electron chi connectivity index (χ3n) is 2.91. The summed E-state index contributed by atoms with van der Waals surface area (Å²) in [4.78, 5) is -0.472. The molecule has 0 aliphatic carbocycles. The number of methoxy groups -OCH3 is 1. The number of sulfonamides is 1. The Labute approximate surface area is 133 Å². The summed E-state index contributed by atoms with van der Waals surface area (Å²) in [5, 5.41) is 9.11. The number of halogens is 1. The van der Waals surface area contributed by atoms with E-state index in [9.17, 15) is 12.8 Å². The molecule has 5 nitrogen and oxygen atoms in total. The van der Waals surface area contributed by atoms with Crippen molar-refractivity contribution in [2.75, 3.05) is 11.8 Å². The highest BCUT2D eigenvalue weighted by atomic mass is 32.2. The standard InChI is InChI=1S/C16H13FN2O3S/c1-22-15-8-6-14(7-9-15)19-23(20,21)16(11-18)10-12-2-4-13(17)5-3-12/h2-10,19H,1H3/b16-10-. The zero-order chi connectivity index (χ0) is 16.9. The lowest BCUT2D eigenvalue weighted by atomic mass is 10.2. The van der Waals surface area contributed by atoms with Gasteiger partial charge in [0.05, 0.1) is 7.11 Å². The van der Waals surface area contributed by atoms with Crippen molar-refractivity contribution in [1.29, 1.82) is 5.26 Å². The van der Waals surface area contributed by atoms with Gasteiger partial charge in [0, 0.05) is 5.69 Å². The van der Waals surface area contributed by atoms with Crippen LogP contribution in [0, 0.1) is 17.1 Å². The predicted molar refractivity (Wildman–Crippen MR) is 85.5 cm³/mol. The second-order valence-electron chi connectivity index (χ2n) is 4.51. The number of nitrogens with zero attached hydrogens (tertiary/aromatic N) is 1. The molecule has 118 valence electrons. The molecule has 0 radical (unpaired) electrons. The fraction of sp³-hybridized carbons (Fsp3) is 0.0625. The molecule has 7 heteroatoms. The van der Waals surface area contributed by atoms with Crippen molar-refractivity contribution in [3.63, 3.8) is 0 Å². The van der Waals surface area contributed by atoms with E-state index >= 15 is 0 Å². The van der Waals surface area contributed by atoms with Crippen LogP contribution in [0.25, 0.3) is 6.08 Å². The summed E-state index contributed by atoms with van der Waals surface area (Å²) in [6, 6.07) is 13.0. The van der Waals surface area contributed by atoms with Crippen LogP contribution >= 0.6 is 0 Å². The first-order valence-corrected chi connectivity index (χ1v) is 7.97. The smallest absolute Gasteiger partial charge is 0.272 e. The summed E-state index contributed by atoms with van der Waals surface area (Å²) in [6.45, 7) is 0. The second-order valence-corrected chi connectivity index (χ2v) is 6.16. The van der Waals surface area contributed by atoms with Crippen molar-refractivity contribution in [3.05, 3.63) is 64.8 Å². The van der Waals surface area contributed by atoms with Crippen LogP contribution in [0.3, 0.4) is 0 Å². The minimum atomic E-state index is -4.04.